The van der Waals surface area contributed by atoms with Gasteiger partial charge in [0.15, 0.2) is 5.78 Å². The largest absolute Gasteiger partial charge is 0.374 e. The third-order valence-electron chi connectivity index (χ3n) is 5.16. The number of nitrogens with zero attached hydrogens (tertiary/aromatic N) is 1. The van der Waals surface area contributed by atoms with Gasteiger partial charge in [-0.2, -0.15) is 0 Å². The van der Waals surface area contributed by atoms with Crippen molar-refractivity contribution in [2.24, 2.45) is 5.92 Å². The number of fused-ring (bicyclic) bond motifs is 3. The Labute approximate surface area is 145 Å². The summed E-state index contributed by atoms with van der Waals surface area (Å²) in [6.07, 6.45) is 6.02. The molecule has 0 fully saturated rings. The Morgan fingerprint density at radius 1 is 1.16 bits per heavy atom. The van der Waals surface area contributed by atoms with Crippen LogP contribution in [0.4, 0.5) is 11.4 Å². The lowest BCUT2D eigenvalue weighted by atomic mass is 9.71. The zero-order valence-corrected chi connectivity index (χ0v) is 13.6. The molecule has 0 unspecified atom stereocenters. The van der Waals surface area contributed by atoms with Gasteiger partial charge in [-0.15, -0.1) is 0 Å². The van der Waals surface area contributed by atoms with E-state index in [2.05, 4.69) is 17.5 Å². The number of carbonyl (C=O) groups is 1. The smallest absolute Gasteiger partial charge is 0.269 e. The molecule has 5 heteroatoms. The van der Waals surface area contributed by atoms with Crippen LogP contribution in [0.3, 0.4) is 0 Å². The van der Waals surface area contributed by atoms with Crippen LogP contribution < -0.4 is 5.32 Å². The van der Waals surface area contributed by atoms with Gasteiger partial charge in [-0.05, 0) is 30.4 Å². The van der Waals surface area contributed by atoms with Crippen molar-refractivity contribution in [2.45, 2.75) is 24.8 Å². The van der Waals surface area contributed by atoms with Crippen molar-refractivity contribution in [3.05, 3.63) is 81.9 Å². The number of carbonyl (C=O) groups excluding carboxylic acids is 1. The molecule has 0 amide bonds. The van der Waals surface area contributed by atoms with E-state index in [-0.39, 0.29) is 34.3 Å². The molecule has 2 aromatic carbocycles. The average molecular weight is 334 g/mol. The quantitative estimate of drug-likeness (QED) is 0.393. The molecule has 25 heavy (non-hydrogen) atoms. The van der Waals surface area contributed by atoms with Crippen LogP contribution in [0.25, 0.3) is 0 Å². The molecule has 0 spiro atoms. The summed E-state index contributed by atoms with van der Waals surface area (Å²) in [5.41, 5.74) is 2.50. The molecular formula is C20H18N2O3. The highest BCUT2D eigenvalue weighted by atomic mass is 16.6. The van der Waals surface area contributed by atoms with E-state index in [0.717, 1.165) is 24.1 Å². The van der Waals surface area contributed by atoms with Gasteiger partial charge in [0.25, 0.3) is 5.69 Å². The summed E-state index contributed by atoms with van der Waals surface area (Å²) in [4.78, 5) is 23.8. The van der Waals surface area contributed by atoms with Crippen molar-refractivity contribution in [1.29, 1.82) is 0 Å². The number of anilines is 1. The van der Waals surface area contributed by atoms with Gasteiger partial charge in [0, 0.05) is 29.3 Å². The van der Waals surface area contributed by atoms with Crippen LogP contribution in [0.2, 0.25) is 0 Å². The lowest BCUT2D eigenvalue weighted by Crippen LogP contribution is -2.44. The minimum atomic E-state index is -0.372. The van der Waals surface area contributed by atoms with E-state index in [1.54, 1.807) is 12.1 Å². The minimum Gasteiger partial charge on any atom is -0.374 e. The van der Waals surface area contributed by atoms with E-state index in [9.17, 15) is 14.9 Å². The summed E-state index contributed by atoms with van der Waals surface area (Å²) < 4.78 is 0. The minimum absolute atomic E-state index is 0.0302. The molecule has 3 atom stereocenters. The maximum Gasteiger partial charge on any atom is 0.269 e. The summed E-state index contributed by atoms with van der Waals surface area (Å²) in [7, 11) is 0. The molecule has 0 saturated carbocycles. The lowest BCUT2D eigenvalue weighted by molar-refractivity contribution is -0.384. The Balaban J connectivity index is 1.76. The van der Waals surface area contributed by atoms with Crippen LogP contribution in [0.15, 0.2) is 60.7 Å². The van der Waals surface area contributed by atoms with Gasteiger partial charge in [-0.1, -0.05) is 42.5 Å². The highest BCUT2D eigenvalue weighted by molar-refractivity contribution is 6.02. The second-order valence-electron chi connectivity index (χ2n) is 6.58. The number of allylic oxidation sites excluding steroid dienone is 2. The molecule has 0 saturated heterocycles. The fourth-order valence-corrected chi connectivity index (χ4v) is 3.95. The average Bonchev–Trinajstić information content (AvgIpc) is 2.67. The van der Waals surface area contributed by atoms with Crippen LogP contribution in [-0.4, -0.2) is 16.7 Å². The van der Waals surface area contributed by atoms with Gasteiger partial charge in [0.1, 0.15) is 0 Å². The van der Waals surface area contributed by atoms with Crippen molar-refractivity contribution in [1.82, 2.24) is 0 Å². The molecule has 4 rings (SSSR count). The van der Waals surface area contributed by atoms with Crippen molar-refractivity contribution >= 4 is 17.2 Å². The van der Waals surface area contributed by atoms with Gasteiger partial charge in [0.05, 0.1) is 11.0 Å². The van der Waals surface area contributed by atoms with Crippen LogP contribution in [0.5, 0.6) is 0 Å². The number of ketones is 1. The number of hydrogen-bond acceptors (Lipinski definition) is 4. The van der Waals surface area contributed by atoms with Gasteiger partial charge < -0.3 is 5.32 Å². The van der Waals surface area contributed by atoms with E-state index < -0.39 is 0 Å². The summed E-state index contributed by atoms with van der Waals surface area (Å²) in [6, 6.07) is 13.8. The fraction of sp³-hybridized carbons (Fsp3) is 0.250. The van der Waals surface area contributed by atoms with E-state index in [1.165, 1.54) is 6.07 Å². The fourth-order valence-electron chi connectivity index (χ4n) is 3.95. The number of nitro benzene ring substituents is 1. The zero-order valence-electron chi connectivity index (χ0n) is 13.6. The first-order chi connectivity index (χ1) is 12.1. The predicted octanol–water partition coefficient (Wildman–Crippen LogP) is 4.32. The van der Waals surface area contributed by atoms with Gasteiger partial charge in [-0.25, -0.2) is 0 Å². The number of non-ortho nitro benzene ring substituents is 1. The SMILES string of the molecule is O=C(c1ccccc1)[C@@H]1Nc2ccc([N+](=O)[O-])cc2[C@@H]2C=CCC[C@H]12. The Kier molecular flexibility index (Phi) is 3.84. The molecule has 126 valence electrons. The number of nitro groups is 1. The molecule has 2 aromatic rings. The first-order valence-electron chi connectivity index (χ1n) is 8.46. The summed E-state index contributed by atoms with van der Waals surface area (Å²) in [5, 5.41) is 14.5. The first kappa shape index (κ1) is 15.6. The molecule has 1 aliphatic carbocycles. The molecule has 1 aliphatic heterocycles. The van der Waals surface area contributed by atoms with E-state index in [1.807, 2.05) is 30.3 Å². The maximum absolute atomic E-state index is 13.0. The predicted molar refractivity (Wildman–Crippen MR) is 95.9 cm³/mol. The monoisotopic (exact) mass is 334 g/mol. The highest BCUT2D eigenvalue weighted by Gasteiger charge is 2.40. The maximum atomic E-state index is 13.0. The Morgan fingerprint density at radius 3 is 2.72 bits per heavy atom. The Morgan fingerprint density at radius 2 is 1.96 bits per heavy atom. The zero-order chi connectivity index (χ0) is 17.4. The van der Waals surface area contributed by atoms with Crippen molar-refractivity contribution in [2.75, 3.05) is 5.32 Å². The standard InChI is InChI=1S/C20H18N2O3/c23-20(13-6-2-1-3-7-13)19-16-9-5-4-8-15(16)17-12-14(22(24)25)10-11-18(17)21-19/h1-4,6-8,10-12,15-16,19,21H,5,9H2/t15-,16+,19-/m1/s1. The second-order valence-corrected chi connectivity index (χ2v) is 6.58. The topological polar surface area (TPSA) is 72.2 Å². The molecular weight excluding hydrogens is 316 g/mol. The molecule has 2 aliphatic rings. The van der Waals surface area contributed by atoms with Gasteiger partial charge >= 0.3 is 0 Å². The van der Waals surface area contributed by atoms with Crippen molar-refractivity contribution in [3.8, 4) is 0 Å². The van der Waals surface area contributed by atoms with Crippen molar-refractivity contribution in [3.63, 3.8) is 0 Å². The van der Waals surface area contributed by atoms with Gasteiger partial charge in [-0.3, -0.25) is 14.9 Å². The lowest BCUT2D eigenvalue weighted by Gasteiger charge is -2.40. The summed E-state index contributed by atoms with van der Waals surface area (Å²) in [6.45, 7) is 0. The second kappa shape index (κ2) is 6.16. The number of Topliss-reactive ketones (excluding diaryl/α,β-unsaturated/α-hetero) is 1. The normalized spacial score (nSPS) is 23.9. The van der Waals surface area contributed by atoms with Crippen molar-refractivity contribution < 1.29 is 9.72 Å². The van der Waals surface area contributed by atoms with E-state index in [4.69, 9.17) is 0 Å². The van der Waals surface area contributed by atoms with Crippen LogP contribution >= 0.6 is 0 Å². The van der Waals surface area contributed by atoms with E-state index in [0.29, 0.717) is 5.56 Å². The van der Waals surface area contributed by atoms with Crippen LogP contribution in [-0.2, 0) is 0 Å². The molecule has 0 aromatic heterocycles. The summed E-state index contributed by atoms with van der Waals surface area (Å²) in [5.74, 6) is 0.213. The Bertz CT molecular complexity index is 860. The van der Waals surface area contributed by atoms with Gasteiger partial charge in [0.2, 0.25) is 0 Å². The number of benzene rings is 2. The third-order valence-corrected chi connectivity index (χ3v) is 5.16. The number of nitrogens with one attached hydrogen (secondary N) is 1. The van der Waals surface area contributed by atoms with E-state index >= 15 is 0 Å². The van der Waals surface area contributed by atoms with Crippen LogP contribution in [0.1, 0.15) is 34.7 Å². The molecule has 1 N–H and O–H groups in total. The number of hydrogen-bond donors (Lipinski definition) is 1. The Hall–Kier alpha value is -2.95. The molecule has 1 heterocycles. The highest BCUT2D eigenvalue weighted by Crippen LogP contribution is 2.45. The third kappa shape index (κ3) is 2.71. The van der Waals surface area contributed by atoms with Crippen LogP contribution in [0, 0.1) is 16.0 Å². The molecule has 0 radical (unpaired) electrons. The first-order valence-corrected chi connectivity index (χ1v) is 8.46. The molecule has 5 nitrogen and oxygen atoms in total. The number of rotatable bonds is 3. The summed E-state index contributed by atoms with van der Waals surface area (Å²) >= 11 is 0. The molecule has 0 bridgehead atoms.